The zero-order chi connectivity index (χ0) is 14.0. The summed E-state index contributed by atoms with van der Waals surface area (Å²) in [5.41, 5.74) is 1.60. The van der Waals surface area contributed by atoms with Crippen LogP contribution in [0.2, 0.25) is 0 Å². The maximum atomic E-state index is 4.26. The van der Waals surface area contributed by atoms with Gasteiger partial charge < -0.3 is 15.2 Å². The molecule has 0 amide bonds. The normalized spacial score (nSPS) is 15.8. The number of nitrogens with one attached hydrogen (secondary N) is 2. The smallest absolute Gasteiger partial charge is 0.191 e. The Hall–Kier alpha value is -1.71. The van der Waals surface area contributed by atoms with Crippen LogP contribution in [0.4, 0.5) is 0 Å². The van der Waals surface area contributed by atoms with Crippen LogP contribution in [0.15, 0.2) is 41.2 Å². The van der Waals surface area contributed by atoms with Gasteiger partial charge in [0.1, 0.15) is 0 Å². The van der Waals surface area contributed by atoms with E-state index in [0.717, 1.165) is 32.0 Å². The lowest BCUT2D eigenvalue weighted by Crippen LogP contribution is -2.39. The topological polar surface area (TPSA) is 41.4 Å². The summed E-state index contributed by atoms with van der Waals surface area (Å²) in [5.74, 6) is 0.897. The Balaban J connectivity index is 1.61. The first-order valence-corrected chi connectivity index (χ1v) is 7.61. The van der Waals surface area contributed by atoms with E-state index in [2.05, 4.69) is 38.7 Å². The molecular weight excluding hydrogens is 248 g/mol. The molecule has 4 nitrogen and oxygen atoms in total. The Labute approximate surface area is 122 Å². The average Bonchev–Trinajstić information content (AvgIpc) is 3.00. The molecule has 4 heteroatoms. The van der Waals surface area contributed by atoms with Crippen molar-refractivity contribution in [1.82, 2.24) is 15.2 Å². The van der Waals surface area contributed by atoms with Crippen molar-refractivity contribution in [2.45, 2.75) is 38.6 Å². The fourth-order valence-corrected chi connectivity index (χ4v) is 2.52. The minimum atomic E-state index is 0.886. The molecule has 1 aromatic rings. The molecule has 0 spiro atoms. The van der Waals surface area contributed by atoms with Crippen molar-refractivity contribution >= 4 is 5.96 Å². The van der Waals surface area contributed by atoms with Gasteiger partial charge in [0.2, 0.25) is 0 Å². The highest BCUT2D eigenvalue weighted by atomic mass is 15.2. The van der Waals surface area contributed by atoms with E-state index in [0.29, 0.717) is 0 Å². The van der Waals surface area contributed by atoms with Crippen LogP contribution in [0.1, 0.15) is 32.1 Å². The molecule has 2 N–H and O–H groups in total. The van der Waals surface area contributed by atoms with Gasteiger partial charge in [-0.05, 0) is 44.2 Å². The molecule has 0 saturated heterocycles. The van der Waals surface area contributed by atoms with Crippen molar-refractivity contribution in [3.05, 3.63) is 36.2 Å². The first-order valence-electron chi connectivity index (χ1n) is 7.61. The standard InChI is InChI=1S/C16H26N4/c1-17-16(19-11-14-20-12-5-6-13-20)18-10-9-15-7-3-2-4-8-15/h5-7,12-13H,2-4,8-11,14H2,1H3,(H2,17,18,19). The quantitative estimate of drug-likeness (QED) is 0.475. The Morgan fingerprint density at radius 2 is 2.00 bits per heavy atom. The van der Waals surface area contributed by atoms with E-state index in [-0.39, 0.29) is 0 Å². The molecule has 0 bridgehead atoms. The van der Waals surface area contributed by atoms with Crippen molar-refractivity contribution in [1.29, 1.82) is 0 Å². The molecule has 110 valence electrons. The molecular formula is C16H26N4. The third kappa shape index (κ3) is 5.11. The minimum Gasteiger partial charge on any atom is -0.356 e. The molecule has 0 aromatic carbocycles. The monoisotopic (exact) mass is 274 g/mol. The summed E-state index contributed by atoms with van der Waals surface area (Å²) in [7, 11) is 1.82. The van der Waals surface area contributed by atoms with Gasteiger partial charge in [-0.2, -0.15) is 0 Å². The summed E-state index contributed by atoms with van der Waals surface area (Å²) < 4.78 is 2.16. The van der Waals surface area contributed by atoms with E-state index in [1.54, 1.807) is 5.57 Å². The highest BCUT2D eigenvalue weighted by Gasteiger charge is 2.03. The summed E-state index contributed by atoms with van der Waals surface area (Å²) in [6, 6.07) is 4.09. The predicted octanol–water partition coefficient (Wildman–Crippen LogP) is 2.54. The van der Waals surface area contributed by atoms with Crippen LogP contribution < -0.4 is 10.6 Å². The van der Waals surface area contributed by atoms with Crippen LogP contribution in [-0.2, 0) is 6.54 Å². The fourth-order valence-electron chi connectivity index (χ4n) is 2.52. The van der Waals surface area contributed by atoms with E-state index in [4.69, 9.17) is 0 Å². The third-order valence-electron chi connectivity index (χ3n) is 3.68. The molecule has 0 aliphatic heterocycles. The summed E-state index contributed by atoms with van der Waals surface area (Å²) in [4.78, 5) is 4.26. The maximum absolute atomic E-state index is 4.26. The number of hydrogen-bond donors (Lipinski definition) is 2. The molecule has 0 fully saturated rings. The molecule has 1 aliphatic rings. The maximum Gasteiger partial charge on any atom is 0.191 e. The van der Waals surface area contributed by atoms with Crippen molar-refractivity contribution in [2.75, 3.05) is 20.1 Å². The molecule has 2 rings (SSSR count). The molecule has 1 aliphatic carbocycles. The number of hydrogen-bond acceptors (Lipinski definition) is 1. The third-order valence-corrected chi connectivity index (χ3v) is 3.68. The average molecular weight is 274 g/mol. The molecule has 1 aromatic heterocycles. The van der Waals surface area contributed by atoms with Gasteiger partial charge in [-0.1, -0.05) is 11.6 Å². The number of aliphatic imine (C=N–C) groups is 1. The lowest BCUT2D eigenvalue weighted by Gasteiger charge is -2.15. The van der Waals surface area contributed by atoms with Crippen LogP contribution in [-0.4, -0.2) is 30.7 Å². The number of guanidine groups is 1. The Kier molecular flexibility index (Phi) is 6.21. The lowest BCUT2D eigenvalue weighted by atomic mass is 9.97. The van der Waals surface area contributed by atoms with Gasteiger partial charge in [0.05, 0.1) is 0 Å². The Morgan fingerprint density at radius 3 is 2.70 bits per heavy atom. The zero-order valence-electron chi connectivity index (χ0n) is 12.4. The van der Waals surface area contributed by atoms with E-state index in [9.17, 15) is 0 Å². The van der Waals surface area contributed by atoms with E-state index in [1.807, 2.05) is 19.2 Å². The first kappa shape index (κ1) is 14.7. The van der Waals surface area contributed by atoms with Crippen LogP contribution in [0, 0.1) is 0 Å². The van der Waals surface area contributed by atoms with Crippen molar-refractivity contribution < 1.29 is 0 Å². The van der Waals surface area contributed by atoms with Crippen LogP contribution in [0.5, 0.6) is 0 Å². The van der Waals surface area contributed by atoms with E-state index < -0.39 is 0 Å². The fraction of sp³-hybridized carbons (Fsp3) is 0.562. The molecule has 0 radical (unpaired) electrons. The Bertz CT molecular complexity index is 431. The van der Waals surface area contributed by atoms with Crippen molar-refractivity contribution in [2.24, 2.45) is 4.99 Å². The van der Waals surface area contributed by atoms with Crippen LogP contribution in [0.3, 0.4) is 0 Å². The van der Waals surface area contributed by atoms with Gasteiger partial charge in [-0.15, -0.1) is 0 Å². The summed E-state index contributed by atoms with van der Waals surface area (Å²) in [6.07, 6.45) is 13.0. The SMILES string of the molecule is CN=C(NCCC1=CCCCC1)NCCn1cccc1. The summed E-state index contributed by atoms with van der Waals surface area (Å²) >= 11 is 0. The largest absolute Gasteiger partial charge is 0.356 e. The highest BCUT2D eigenvalue weighted by molar-refractivity contribution is 5.79. The van der Waals surface area contributed by atoms with Crippen LogP contribution >= 0.6 is 0 Å². The van der Waals surface area contributed by atoms with Gasteiger partial charge in [0, 0.05) is 39.1 Å². The van der Waals surface area contributed by atoms with Gasteiger partial charge in [0.25, 0.3) is 0 Å². The second kappa shape index (κ2) is 8.46. The molecule has 20 heavy (non-hydrogen) atoms. The first-order chi connectivity index (χ1) is 9.88. The predicted molar refractivity (Wildman–Crippen MR) is 85.0 cm³/mol. The van der Waals surface area contributed by atoms with Gasteiger partial charge in [0.15, 0.2) is 5.96 Å². The summed E-state index contributed by atoms with van der Waals surface area (Å²) in [5, 5.41) is 6.73. The molecule has 0 unspecified atom stereocenters. The van der Waals surface area contributed by atoms with Crippen molar-refractivity contribution in [3.8, 4) is 0 Å². The zero-order valence-corrected chi connectivity index (χ0v) is 12.4. The lowest BCUT2D eigenvalue weighted by molar-refractivity contribution is 0.652. The van der Waals surface area contributed by atoms with Gasteiger partial charge in [-0.3, -0.25) is 4.99 Å². The second-order valence-electron chi connectivity index (χ2n) is 5.20. The molecule has 0 saturated carbocycles. The Morgan fingerprint density at radius 1 is 1.20 bits per heavy atom. The second-order valence-corrected chi connectivity index (χ2v) is 5.20. The number of rotatable bonds is 6. The minimum absolute atomic E-state index is 0.886. The van der Waals surface area contributed by atoms with Gasteiger partial charge in [-0.25, -0.2) is 0 Å². The number of allylic oxidation sites excluding steroid dienone is 1. The van der Waals surface area contributed by atoms with Crippen LogP contribution in [0.25, 0.3) is 0 Å². The van der Waals surface area contributed by atoms with Gasteiger partial charge >= 0.3 is 0 Å². The number of aromatic nitrogens is 1. The van der Waals surface area contributed by atoms with E-state index in [1.165, 1.54) is 25.7 Å². The molecule has 0 atom stereocenters. The highest BCUT2D eigenvalue weighted by Crippen LogP contribution is 2.19. The van der Waals surface area contributed by atoms with Crippen molar-refractivity contribution in [3.63, 3.8) is 0 Å². The number of nitrogens with zero attached hydrogens (tertiary/aromatic N) is 2. The van der Waals surface area contributed by atoms with E-state index >= 15 is 0 Å². The summed E-state index contributed by atoms with van der Waals surface area (Å²) in [6.45, 7) is 2.81. The molecule has 1 heterocycles.